The Morgan fingerprint density at radius 1 is 1.40 bits per heavy atom. The van der Waals surface area contributed by atoms with Gasteiger partial charge in [0, 0.05) is 6.54 Å². The van der Waals surface area contributed by atoms with Crippen molar-refractivity contribution in [1.29, 1.82) is 0 Å². The minimum atomic E-state index is -0.828. The number of carbonyl (C=O) groups is 1. The van der Waals surface area contributed by atoms with Gasteiger partial charge in [-0.05, 0) is 30.5 Å². The van der Waals surface area contributed by atoms with Crippen molar-refractivity contribution in [2.75, 3.05) is 6.79 Å². The fourth-order valence-electron chi connectivity index (χ4n) is 2.22. The first-order valence-corrected chi connectivity index (χ1v) is 6.30. The van der Waals surface area contributed by atoms with E-state index in [0.717, 1.165) is 5.56 Å². The van der Waals surface area contributed by atoms with Crippen LogP contribution in [0.1, 0.15) is 18.4 Å². The van der Waals surface area contributed by atoms with Crippen LogP contribution in [0.2, 0.25) is 0 Å². The molecule has 1 aliphatic heterocycles. The topological polar surface area (TPSA) is 106 Å². The van der Waals surface area contributed by atoms with E-state index in [1.807, 2.05) is 12.1 Å². The summed E-state index contributed by atoms with van der Waals surface area (Å²) < 4.78 is 10.5. The van der Waals surface area contributed by atoms with Crippen LogP contribution in [-0.4, -0.2) is 23.7 Å². The van der Waals surface area contributed by atoms with Gasteiger partial charge in [-0.3, -0.25) is 4.79 Å². The number of benzene rings is 1. The largest absolute Gasteiger partial charge is 0.454 e. The molecule has 2 aliphatic rings. The summed E-state index contributed by atoms with van der Waals surface area (Å²) in [5, 5.41) is 14.4. The Morgan fingerprint density at radius 3 is 2.85 bits per heavy atom. The molecular formula is C13H15N3O4. The van der Waals surface area contributed by atoms with Crippen molar-refractivity contribution in [2.45, 2.75) is 19.4 Å². The molecule has 1 saturated carbocycles. The third-order valence-corrected chi connectivity index (χ3v) is 3.67. The summed E-state index contributed by atoms with van der Waals surface area (Å²) in [5.41, 5.74) is 5.63. The smallest absolute Gasteiger partial charge is 0.234 e. The minimum absolute atomic E-state index is 0.0271. The molecule has 0 saturated heterocycles. The van der Waals surface area contributed by atoms with Gasteiger partial charge in [-0.2, -0.15) is 0 Å². The maximum absolute atomic E-state index is 12.1. The van der Waals surface area contributed by atoms with Crippen LogP contribution in [0.5, 0.6) is 11.5 Å². The molecule has 0 radical (unpaired) electrons. The van der Waals surface area contributed by atoms with E-state index in [9.17, 15) is 4.79 Å². The predicted octanol–water partition coefficient (Wildman–Crippen LogP) is 0.558. The first-order chi connectivity index (χ1) is 9.65. The average molecular weight is 277 g/mol. The Hall–Kier alpha value is -2.44. The predicted molar refractivity (Wildman–Crippen MR) is 69.5 cm³/mol. The van der Waals surface area contributed by atoms with Crippen molar-refractivity contribution in [2.24, 2.45) is 16.3 Å². The quantitative estimate of drug-likeness (QED) is 0.323. The first kappa shape index (κ1) is 12.6. The van der Waals surface area contributed by atoms with Crippen LogP contribution in [0, 0.1) is 5.41 Å². The Kier molecular flexibility index (Phi) is 2.89. The molecule has 7 heteroatoms. The monoisotopic (exact) mass is 277 g/mol. The van der Waals surface area contributed by atoms with Crippen molar-refractivity contribution in [3.05, 3.63) is 23.8 Å². The molecule has 7 nitrogen and oxygen atoms in total. The zero-order valence-corrected chi connectivity index (χ0v) is 10.8. The Bertz CT molecular complexity index is 581. The summed E-state index contributed by atoms with van der Waals surface area (Å²) in [6.45, 7) is 0.577. The first-order valence-electron chi connectivity index (χ1n) is 6.30. The number of hydrogen-bond acceptors (Lipinski definition) is 5. The molecule has 0 atom stereocenters. The number of rotatable bonds is 4. The molecule has 0 aromatic heterocycles. The third-order valence-electron chi connectivity index (χ3n) is 3.67. The van der Waals surface area contributed by atoms with Crippen molar-refractivity contribution in [3.8, 4) is 11.5 Å². The van der Waals surface area contributed by atoms with E-state index in [-0.39, 0.29) is 18.5 Å². The molecule has 1 amide bonds. The molecule has 1 aromatic carbocycles. The number of fused-ring (bicyclic) bond motifs is 1. The lowest BCUT2D eigenvalue weighted by atomic mass is 10.1. The van der Waals surface area contributed by atoms with Crippen molar-refractivity contribution < 1.29 is 19.5 Å². The molecule has 1 heterocycles. The molecule has 4 N–H and O–H groups in total. The molecule has 0 spiro atoms. The molecule has 1 aromatic rings. The molecule has 3 rings (SSSR count). The lowest BCUT2D eigenvalue weighted by Gasteiger charge is -2.13. The summed E-state index contributed by atoms with van der Waals surface area (Å²) in [6, 6.07) is 5.49. The number of nitrogens with zero attached hydrogens (tertiary/aromatic N) is 1. The molecule has 106 valence electrons. The molecule has 1 fully saturated rings. The number of oxime groups is 1. The fourth-order valence-corrected chi connectivity index (χ4v) is 2.22. The summed E-state index contributed by atoms with van der Waals surface area (Å²) in [7, 11) is 0. The highest BCUT2D eigenvalue weighted by molar-refractivity contribution is 6.09. The third kappa shape index (κ3) is 2.01. The van der Waals surface area contributed by atoms with Gasteiger partial charge in [-0.25, -0.2) is 0 Å². The Labute approximate surface area is 115 Å². The molecule has 0 bridgehead atoms. The Morgan fingerprint density at radius 2 is 2.15 bits per heavy atom. The van der Waals surface area contributed by atoms with E-state index in [1.54, 1.807) is 6.07 Å². The van der Waals surface area contributed by atoms with Crippen LogP contribution in [0.3, 0.4) is 0 Å². The van der Waals surface area contributed by atoms with Gasteiger partial charge in [0.1, 0.15) is 5.41 Å². The summed E-state index contributed by atoms with van der Waals surface area (Å²) in [5.74, 6) is 1.14. The molecule has 1 aliphatic carbocycles. The Balaban J connectivity index is 1.64. The van der Waals surface area contributed by atoms with Crippen molar-refractivity contribution in [3.63, 3.8) is 0 Å². The van der Waals surface area contributed by atoms with Gasteiger partial charge < -0.3 is 25.7 Å². The summed E-state index contributed by atoms with van der Waals surface area (Å²) in [4.78, 5) is 12.1. The number of nitrogens with one attached hydrogen (secondary N) is 1. The minimum Gasteiger partial charge on any atom is -0.454 e. The lowest BCUT2D eigenvalue weighted by Crippen LogP contribution is -2.40. The van der Waals surface area contributed by atoms with Crippen LogP contribution in [0.4, 0.5) is 0 Å². The summed E-state index contributed by atoms with van der Waals surface area (Å²) >= 11 is 0. The number of amides is 1. The SMILES string of the molecule is N/C(=N/O)C1(C(=O)NCc2ccc3c(c2)OCO3)CC1. The number of hydrogen-bond donors (Lipinski definition) is 3. The van der Waals surface area contributed by atoms with Crippen molar-refractivity contribution >= 4 is 11.7 Å². The highest BCUT2D eigenvalue weighted by Crippen LogP contribution is 2.46. The number of amidine groups is 1. The maximum Gasteiger partial charge on any atom is 0.234 e. The van der Waals surface area contributed by atoms with E-state index in [4.69, 9.17) is 20.4 Å². The zero-order chi connectivity index (χ0) is 14.2. The lowest BCUT2D eigenvalue weighted by molar-refractivity contribution is -0.124. The second-order valence-corrected chi connectivity index (χ2v) is 4.94. The maximum atomic E-state index is 12.1. The van der Waals surface area contributed by atoms with E-state index >= 15 is 0 Å². The van der Waals surface area contributed by atoms with E-state index in [0.29, 0.717) is 30.9 Å². The standard InChI is InChI=1S/C13H15N3O4/c14-11(16-18)13(3-4-13)12(17)15-6-8-1-2-9-10(5-8)20-7-19-9/h1-2,5,18H,3-4,6-7H2,(H2,14,16)(H,15,17). The van der Waals surface area contributed by atoms with Gasteiger partial charge in [-0.15, -0.1) is 0 Å². The van der Waals surface area contributed by atoms with Gasteiger partial charge in [0.05, 0.1) is 0 Å². The van der Waals surface area contributed by atoms with Gasteiger partial charge in [0.15, 0.2) is 17.3 Å². The number of ether oxygens (including phenoxy) is 2. The second kappa shape index (κ2) is 4.59. The molecule has 20 heavy (non-hydrogen) atoms. The van der Waals surface area contributed by atoms with Crippen LogP contribution < -0.4 is 20.5 Å². The van der Waals surface area contributed by atoms with Gasteiger partial charge in [0.25, 0.3) is 0 Å². The molecular weight excluding hydrogens is 262 g/mol. The normalized spacial score (nSPS) is 18.7. The molecule has 0 unspecified atom stereocenters. The van der Waals surface area contributed by atoms with E-state index < -0.39 is 5.41 Å². The number of carbonyl (C=O) groups excluding carboxylic acids is 1. The van der Waals surface area contributed by atoms with Crippen molar-refractivity contribution in [1.82, 2.24) is 5.32 Å². The van der Waals surface area contributed by atoms with Gasteiger partial charge >= 0.3 is 0 Å². The zero-order valence-electron chi connectivity index (χ0n) is 10.8. The van der Waals surface area contributed by atoms with Crippen LogP contribution in [-0.2, 0) is 11.3 Å². The average Bonchev–Trinajstić information content (AvgIpc) is 3.16. The van der Waals surface area contributed by atoms with Gasteiger partial charge in [-0.1, -0.05) is 11.2 Å². The summed E-state index contributed by atoms with van der Waals surface area (Å²) in [6.07, 6.45) is 1.21. The van der Waals surface area contributed by atoms with E-state index in [1.165, 1.54) is 0 Å². The van der Waals surface area contributed by atoms with Gasteiger partial charge in [0.2, 0.25) is 12.7 Å². The van der Waals surface area contributed by atoms with Crippen LogP contribution >= 0.6 is 0 Å². The highest BCUT2D eigenvalue weighted by Gasteiger charge is 2.54. The van der Waals surface area contributed by atoms with E-state index in [2.05, 4.69) is 10.5 Å². The highest BCUT2D eigenvalue weighted by atomic mass is 16.7. The fraction of sp³-hybridized carbons (Fsp3) is 0.385. The number of nitrogens with two attached hydrogens (primary N) is 1. The van der Waals surface area contributed by atoms with Crippen LogP contribution in [0.15, 0.2) is 23.4 Å². The second-order valence-electron chi connectivity index (χ2n) is 4.94. The van der Waals surface area contributed by atoms with Crippen LogP contribution in [0.25, 0.3) is 0 Å².